The van der Waals surface area contributed by atoms with Crippen LogP contribution in [0.2, 0.25) is 0 Å². The van der Waals surface area contributed by atoms with E-state index in [1.165, 1.54) is 6.08 Å². The Morgan fingerprint density at radius 2 is 2.38 bits per heavy atom. The van der Waals surface area contributed by atoms with Gasteiger partial charge in [0.2, 0.25) is 0 Å². The number of carboxylic acid groups (broad SMARTS) is 1. The maximum absolute atomic E-state index is 10.2. The standard InChI is InChI=1S/C9H8BNO2/c1-10-8-4-2-3-7(11-8)5-6-9(12)13/h2-6H,1H2,(H,12,13)/b6-5+. The molecular weight excluding hydrogens is 165 g/mol. The second-order valence-electron chi connectivity index (χ2n) is 2.36. The van der Waals surface area contributed by atoms with Gasteiger partial charge in [-0.25, -0.2) is 0 Å². The molecule has 1 aromatic heterocycles. The van der Waals surface area contributed by atoms with E-state index >= 15 is 0 Å². The quantitative estimate of drug-likeness (QED) is 0.514. The molecule has 13 heavy (non-hydrogen) atoms. The number of hydrogen-bond acceptors (Lipinski definition) is 2. The van der Waals surface area contributed by atoms with Crippen molar-refractivity contribution in [3.8, 4) is 0 Å². The molecule has 0 atom stereocenters. The Morgan fingerprint density at radius 1 is 1.62 bits per heavy atom. The second kappa shape index (κ2) is 4.35. The van der Waals surface area contributed by atoms with Crippen LogP contribution in [0, 0.1) is 0 Å². The molecule has 4 heteroatoms. The van der Waals surface area contributed by atoms with Gasteiger partial charge in [-0.15, -0.1) is 0 Å². The van der Waals surface area contributed by atoms with E-state index < -0.39 is 5.97 Å². The fourth-order valence-corrected chi connectivity index (χ4v) is 0.832. The molecule has 1 aromatic rings. The van der Waals surface area contributed by atoms with Gasteiger partial charge in [0, 0.05) is 0 Å². The van der Waals surface area contributed by atoms with Gasteiger partial charge in [-0.05, 0) is 0 Å². The van der Waals surface area contributed by atoms with E-state index in [2.05, 4.69) is 11.5 Å². The van der Waals surface area contributed by atoms with Gasteiger partial charge in [0.15, 0.2) is 0 Å². The third kappa shape index (κ3) is 3.03. The summed E-state index contributed by atoms with van der Waals surface area (Å²) < 4.78 is 0. The maximum atomic E-state index is 10.2. The minimum atomic E-state index is -0.981. The number of carbonyl (C=O) groups is 1. The van der Waals surface area contributed by atoms with Gasteiger partial charge in [0.25, 0.3) is 0 Å². The fourth-order valence-electron chi connectivity index (χ4n) is 0.832. The molecule has 1 heterocycles. The molecule has 0 amide bonds. The Bertz CT molecular complexity index is 360. The zero-order valence-electron chi connectivity index (χ0n) is 6.97. The number of carboxylic acids is 1. The first-order chi connectivity index (χ1) is 6.22. The molecule has 0 fully saturated rings. The van der Waals surface area contributed by atoms with E-state index in [1.54, 1.807) is 25.1 Å². The third-order valence-electron chi connectivity index (χ3n) is 1.40. The van der Waals surface area contributed by atoms with Crippen molar-refractivity contribution in [3.05, 3.63) is 30.0 Å². The number of rotatable bonds is 3. The normalized spacial score (nSPS) is 9.85. The summed E-state index contributed by atoms with van der Waals surface area (Å²) in [6, 6.07) is 5.32. The average Bonchev–Trinajstić information content (AvgIpc) is 2.15. The van der Waals surface area contributed by atoms with E-state index in [0.29, 0.717) is 5.69 Å². The van der Waals surface area contributed by atoms with Crippen LogP contribution in [0.15, 0.2) is 24.3 Å². The van der Waals surface area contributed by atoms with E-state index in [9.17, 15) is 4.79 Å². The number of hydrogen-bond donors (Lipinski definition) is 1. The molecule has 0 aliphatic heterocycles. The van der Waals surface area contributed by atoms with E-state index in [0.717, 1.165) is 11.7 Å². The summed E-state index contributed by atoms with van der Waals surface area (Å²) in [7, 11) is 0. The Kier molecular flexibility index (Phi) is 3.14. The van der Waals surface area contributed by atoms with Crippen molar-refractivity contribution in [2.75, 3.05) is 0 Å². The summed E-state index contributed by atoms with van der Waals surface area (Å²) in [5, 5.41) is 8.37. The summed E-state index contributed by atoms with van der Waals surface area (Å²) in [6.45, 7) is 5.17. The van der Waals surface area contributed by atoms with Crippen molar-refractivity contribution in [3.63, 3.8) is 0 Å². The molecular formula is C9H8BNO2. The van der Waals surface area contributed by atoms with Crippen LogP contribution in [0.25, 0.3) is 6.08 Å². The van der Waals surface area contributed by atoms with Crippen molar-refractivity contribution in [1.29, 1.82) is 0 Å². The van der Waals surface area contributed by atoms with Crippen molar-refractivity contribution in [1.82, 2.24) is 4.98 Å². The van der Waals surface area contributed by atoms with Crippen LogP contribution in [0.4, 0.5) is 0 Å². The van der Waals surface area contributed by atoms with Gasteiger partial charge < -0.3 is 0 Å². The van der Waals surface area contributed by atoms with Crippen molar-refractivity contribution in [2.45, 2.75) is 0 Å². The first-order valence-electron chi connectivity index (χ1n) is 3.73. The molecule has 0 bridgehead atoms. The van der Waals surface area contributed by atoms with Crippen molar-refractivity contribution < 1.29 is 9.90 Å². The summed E-state index contributed by atoms with van der Waals surface area (Å²) in [6.07, 6.45) is 2.49. The predicted molar refractivity (Wildman–Crippen MR) is 53.4 cm³/mol. The number of pyridine rings is 1. The molecule has 0 aliphatic carbocycles. The Morgan fingerprint density at radius 3 is 3.00 bits per heavy atom. The molecule has 0 radical (unpaired) electrons. The van der Waals surface area contributed by atoms with Gasteiger partial charge in [0.1, 0.15) is 0 Å². The van der Waals surface area contributed by atoms with Crippen LogP contribution in [0.5, 0.6) is 0 Å². The molecule has 0 saturated heterocycles. The molecule has 3 nitrogen and oxygen atoms in total. The van der Waals surface area contributed by atoms with Crippen LogP contribution < -0.4 is 5.59 Å². The van der Waals surface area contributed by atoms with Crippen molar-refractivity contribution >= 4 is 31.0 Å². The molecule has 0 aliphatic rings. The fraction of sp³-hybridized carbons (Fsp3) is 0. The van der Waals surface area contributed by atoms with Gasteiger partial charge in [-0.2, -0.15) is 0 Å². The summed E-state index contributed by atoms with van der Waals surface area (Å²) in [4.78, 5) is 14.3. The van der Waals surface area contributed by atoms with E-state index in [-0.39, 0.29) is 0 Å². The molecule has 0 spiro atoms. The summed E-state index contributed by atoms with van der Waals surface area (Å²) in [5.74, 6) is -0.981. The number of aromatic nitrogens is 1. The molecule has 0 unspecified atom stereocenters. The van der Waals surface area contributed by atoms with Crippen LogP contribution in [0.3, 0.4) is 0 Å². The number of aliphatic carboxylic acids is 1. The monoisotopic (exact) mass is 173 g/mol. The van der Waals surface area contributed by atoms with Gasteiger partial charge >= 0.3 is 75.9 Å². The molecule has 1 N–H and O–H groups in total. The minimum absolute atomic E-state index is 0.611. The zero-order chi connectivity index (χ0) is 9.68. The molecule has 1 rings (SSSR count). The van der Waals surface area contributed by atoms with Crippen LogP contribution in [-0.4, -0.2) is 29.4 Å². The molecule has 0 saturated carbocycles. The Balaban J connectivity index is 2.89. The third-order valence-corrected chi connectivity index (χ3v) is 1.40. The average molecular weight is 173 g/mol. The van der Waals surface area contributed by atoms with Gasteiger partial charge in [-0.1, -0.05) is 0 Å². The first-order valence-corrected chi connectivity index (χ1v) is 3.73. The van der Waals surface area contributed by atoms with Crippen LogP contribution >= 0.6 is 0 Å². The van der Waals surface area contributed by atoms with E-state index in [1.807, 2.05) is 0 Å². The summed E-state index contributed by atoms with van der Waals surface area (Å²) in [5.41, 5.74) is 1.34. The Hall–Kier alpha value is -1.71. The van der Waals surface area contributed by atoms with E-state index in [4.69, 9.17) is 5.11 Å². The first kappa shape index (κ1) is 9.38. The zero-order valence-corrected chi connectivity index (χ0v) is 6.97. The molecule has 0 aromatic carbocycles. The predicted octanol–water partition coefficient (Wildman–Crippen LogP) is -0.0591. The SMILES string of the molecule is C=Bc1cccc(/C=C/C(=O)O)n1. The number of nitrogens with zero attached hydrogens (tertiary/aromatic N) is 1. The van der Waals surface area contributed by atoms with Crippen molar-refractivity contribution in [2.24, 2.45) is 0 Å². The second-order valence-corrected chi connectivity index (χ2v) is 2.36. The Labute approximate surface area is 76.7 Å². The topological polar surface area (TPSA) is 50.2 Å². The summed E-state index contributed by atoms with van der Waals surface area (Å²) >= 11 is 0. The van der Waals surface area contributed by atoms with Crippen LogP contribution in [0.1, 0.15) is 5.69 Å². The van der Waals surface area contributed by atoms with Gasteiger partial charge in [0.05, 0.1) is 0 Å². The van der Waals surface area contributed by atoms with Crippen LogP contribution in [-0.2, 0) is 4.79 Å². The molecule has 64 valence electrons. The van der Waals surface area contributed by atoms with Gasteiger partial charge in [-0.3, -0.25) is 0 Å².